The van der Waals surface area contributed by atoms with E-state index in [1.165, 1.54) is 31.0 Å². The highest BCUT2D eigenvalue weighted by molar-refractivity contribution is 7.22. The topological polar surface area (TPSA) is 97.6 Å². The minimum atomic E-state index is -4.79. The molecule has 0 fully saturated rings. The third-order valence-electron chi connectivity index (χ3n) is 2.99. The van der Waals surface area contributed by atoms with Crippen molar-refractivity contribution < 1.29 is 27.5 Å². The van der Waals surface area contributed by atoms with Crippen molar-refractivity contribution in [3.63, 3.8) is 0 Å². The molecule has 11 heteroatoms. The molecule has 2 aromatic rings. The number of aromatic nitrogens is 1. The first-order valence-corrected chi connectivity index (χ1v) is 7.83. The second kappa shape index (κ2) is 7.23. The van der Waals surface area contributed by atoms with Crippen molar-refractivity contribution in [3.05, 3.63) is 18.2 Å². The Bertz CT molecular complexity index is 791. The van der Waals surface area contributed by atoms with Crippen LogP contribution < -0.4 is 15.8 Å². The molecule has 136 valence electrons. The summed E-state index contributed by atoms with van der Waals surface area (Å²) in [6.07, 6.45) is -4.79. The van der Waals surface area contributed by atoms with Gasteiger partial charge in [0.25, 0.3) is 0 Å². The van der Waals surface area contributed by atoms with Crippen LogP contribution >= 0.6 is 11.3 Å². The molecular weight excluding hydrogens is 361 g/mol. The zero-order valence-electron chi connectivity index (χ0n) is 13.3. The van der Waals surface area contributed by atoms with E-state index in [1.54, 1.807) is 0 Å². The fourth-order valence-electron chi connectivity index (χ4n) is 1.96. The summed E-state index contributed by atoms with van der Waals surface area (Å²) in [5.41, 5.74) is 5.86. The summed E-state index contributed by atoms with van der Waals surface area (Å²) in [6, 6.07) is 2.94. The number of anilines is 1. The molecule has 0 aliphatic rings. The number of nitrogens with one attached hydrogen (secondary N) is 1. The van der Waals surface area contributed by atoms with E-state index in [1.807, 2.05) is 0 Å². The van der Waals surface area contributed by atoms with Crippen molar-refractivity contribution in [2.45, 2.75) is 19.3 Å². The van der Waals surface area contributed by atoms with Crippen LogP contribution in [-0.4, -0.2) is 47.7 Å². The number of thiazole rings is 1. The molecule has 0 aliphatic heterocycles. The lowest BCUT2D eigenvalue weighted by molar-refractivity contribution is -0.274. The van der Waals surface area contributed by atoms with Crippen LogP contribution in [0.15, 0.2) is 18.2 Å². The third kappa shape index (κ3) is 5.29. The Morgan fingerprint density at radius 1 is 1.44 bits per heavy atom. The summed E-state index contributed by atoms with van der Waals surface area (Å²) in [7, 11) is 1.43. The highest BCUT2D eigenvalue weighted by Gasteiger charge is 2.31. The first kappa shape index (κ1) is 18.9. The number of carbonyl (C=O) groups excluding carboxylic acids is 2. The number of ether oxygens (including phenoxy) is 1. The number of hydrogen-bond acceptors (Lipinski definition) is 6. The van der Waals surface area contributed by atoms with E-state index in [4.69, 9.17) is 5.73 Å². The van der Waals surface area contributed by atoms with Crippen molar-refractivity contribution in [1.82, 2.24) is 9.88 Å². The van der Waals surface area contributed by atoms with Gasteiger partial charge in [0.2, 0.25) is 11.8 Å². The molecule has 1 atom stereocenters. The number of nitrogens with zero attached hydrogens (tertiary/aromatic N) is 2. The summed E-state index contributed by atoms with van der Waals surface area (Å²) < 4.78 is 40.9. The Kier molecular flexibility index (Phi) is 5.48. The average molecular weight is 376 g/mol. The summed E-state index contributed by atoms with van der Waals surface area (Å²) in [5.74, 6) is -1.26. The molecule has 1 heterocycles. The number of rotatable bonds is 5. The number of carbonyl (C=O) groups is 2. The Labute approximate surface area is 144 Å². The van der Waals surface area contributed by atoms with Gasteiger partial charge in [-0.3, -0.25) is 9.59 Å². The second-order valence-electron chi connectivity index (χ2n) is 5.23. The van der Waals surface area contributed by atoms with E-state index < -0.39 is 24.2 Å². The van der Waals surface area contributed by atoms with Gasteiger partial charge in [-0.15, -0.1) is 13.2 Å². The second-order valence-corrected chi connectivity index (χ2v) is 6.26. The van der Waals surface area contributed by atoms with Gasteiger partial charge in [0.1, 0.15) is 5.75 Å². The summed E-state index contributed by atoms with van der Waals surface area (Å²) in [4.78, 5) is 28.8. The van der Waals surface area contributed by atoms with Gasteiger partial charge in [0.15, 0.2) is 5.13 Å². The predicted molar refractivity (Wildman–Crippen MR) is 86.2 cm³/mol. The van der Waals surface area contributed by atoms with Gasteiger partial charge in [-0.05, 0) is 19.1 Å². The zero-order valence-corrected chi connectivity index (χ0v) is 14.1. The average Bonchev–Trinajstić information content (AvgIpc) is 2.85. The van der Waals surface area contributed by atoms with Crippen molar-refractivity contribution >= 4 is 38.5 Å². The summed E-state index contributed by atoms with van der Waals surface area (Å²) in [5, 5.41) is 2.69. The van der Waals surface area contributed by atoms with Gasteiger partial charge in [0, 0.05) is 13.1 Å². The van der Waals surface area contributed by atoms with Crippen LogP contribution in [0.3, 0.4) is 0 Å². The molecule has 0 spiro atoms. The van der Waals surface area contributed by atoms with E-state index in [9.17, 15) is 22.8 Å². The highest BCUT2D eigenvalue weighted by atomic mass is 32.1. The first-order chi connectivity index (χ1) is 11.5. The molecule has 3 N–H and O–H groups in total. The molecule has 0 bridgehead atoms. The molecule has 25 heavy (non-hydrogen) atoms. The van der Waals surface area contributed by atoms with Crippen LogP contribution in [-0.2, 0) is 9.59 Å². The van der Waals surface area contributed by atoms with Crippen LogP contribution in [0.25, 0.3) is 10.2 Å². The van der Waals surface area contributed by atoms with Crippen LogP contribution in [0.5, 0.6) is 5.75 Å². The number of likely N-dealkylation sites (N-methyl/N-ethyl adjacent to an activating group) is 1. The summed E-state index contributed by atoms with van der Waals surface area (Å²) >= 11 is 0.989. The maximum absolute atomic E-state index is 12.2. The third-order valence-corrected chi connectivity index (χ3v) is 3.92. The van der Waals surface area contributed by atoms with Crippen LogP contribution in [0.2, 0.25) is 0 Å². The standard InChI is InChI=1S/C14H15F3N4O3S/c1-7(18)12(23)21(2)6-11(22)20-13-19-9-4-3-8(5-10(9)25-13)24-14(15,16)17/h3-5,7H,6,18H2,1-2H3,(H,19,20,22)/t7-/m0/s1. The molecule has 1 aromatic heterocycles. The number of nitrogens with two attached hydrogens (primary N) is 1. The van der Waals surface area contributed by atoms with Crippen molar-refractivity contribution in [2.24, 2.45) is 5.73 Å². The Hall–Kier alpha value is -2.40. The minimum Gasteiger partial charge on any atom is -0.406 e. The molecule has 2 amide bonds. The molecule has 7 nitrogen and oxygen atoms in total. The van der Waals surface area contributed by atoms with E-state index in [2.05, 4.69) is 15.0 Å². The maximum atomic E-state index is 12.2. The highest BCUT2D eigenvalue weighted by Crippen LogP contribution is 2.31. The van der Waals surface area contributed by atoms with Crippen LogP contribution in [0, 0.1) is 0 Å². The monoisotopic (exact) mass is 376 g/mol. The zero-order chi connectivity index (χ0) is 18.8. The number of benzene rings is 1. The maximum Gasteiger partial charge on any atom is 0.573 e. The number of fused-ring (bicyclic) bond motifs is 1. The van der Waals surface area contributed by atoms with Crippen LogP contribution in [0.1, 0.15) is 6.92 Å². The smallest absolute Gasteiger partial charge is 0.406 e. The minimum absolute atomic E-state index is 0.200. The predicted octanol–water partition coefficient (Wildman–Crippen LogP) is 1.94. The lowest BCUT2D eigenvalue weighted by Gasteiger charge is -2.18. The summed E-state index contributed by atoms with van der Waals surface area (Å²) in [6.45, 7) is 1.28. The molecule has 2 rings (SSSR count). The molecule has 1 aromatic carbocycles. The van der Waals surface area contributed by atoms with Gasteiger partial charge < -0.3 is 20.7 Å². The number of halogens is 3. The Morgan fingerprint density at radius 3 is 2.72 bits per heavy atom. The largest absolute Gasteiger partial charge is 0.573 e. The molecule has 0 radical (unpaired) electrons. The Morgan fingerprint density at radius 2 is 2.12 bits per heavy atom. The van der Waals surface area contributed by atoms with Crippen LogP contribution in [0.4, 0.5) is 18.3 Å². The lowest BCUT2D eigenvalue weighted by atomic mass is 10.3. The molecule has 0 aliphatic carbocycles. The van der Waals surface area contributed by atoms with E-state index >= 15 is 0 Å². The van der Waals surface area contributed by atoms with Gasteiger partial charge in [-0.1, -0.05) is 11.3 Å². The quantitative estimate of drug-likeness (QED) is 0.831. The molecule has 0 saturated carbocycles. The molecular formula is C14H15F3N4O3S. The first-order valence-electron chi connectivity index (χ1n) is 7.02. The SMILES string of the molecule is C[C@H](N)C(=O)N(C)CC(=O)Nc1nc2ccc(OC(F)(F)F)cc2s1. The number of amides is 2. The molecule has 0 unspecified atom stereocenters. The van der Waals surface area contributed by atoms with Gasteiger partial charge in [-0.25, -0.2) is 4.98 Å². The van der Waals surface area contributed by atoms with Crippen molar-refractivity contribution in [2.75, 3.05) is 18.9 Å². The molecule has 0 saturated heterocycles. The van der Waals surface area contributed by atoms with E-state index in [-0.39, 0.29) is 17.4 Å². The lowest BCUT2D eigenvalue weighted by Crippen LogP contribution is -2.43. The fourth-order valence-corrected chi connectivity index (χ4v) is 2.87. The number of alkyl halides is 3. The van der Waals surface area contributed by atoms with E-state index in [0.717, 1.165) is 17.4 Å². The van der Waals surface area contributed by atoms with Crippen molar-refractivity contribution in [3.8, 4) is 5.75 Å². The van der Waals surface area contributed by atoms with Crippen molar-refractivity contribution in [1.29, 1.82) is 0 Å². The van der Waals surface area contributed by atoms with Gasteiger partial charge >= 0.3 is 6.36 Å². The fraction of sp³-hybridized carbons (Fsp3) is 0.357. The van der Waals surface area contributed by atoms with Gasteiger partial charge in [-0.2, -0.15) is 0 Å². The Balaban J connectivity index is 2.06. The number of hydrogen-bond donors (Lipinski definition) is 2. The normalized spacial score (nSPS) is 12.7. The van der Waals surface area contributed by atoms with Gasteiger partial charge in [0.05, 0.1) is 22.8 Å². The van der Waals surface area contributed by atoms with E-state index in [0.29, 0.717) is 10.2 Å².